The van der Waals surface area contributed by atoms with Crippen LogP contribution in [-0.2, 0) is 6.42 Å². The number of nitrogens with two attached hydrogens (primary N) is 1. The fourth-order valence-electron chi connectivity index (χ4n) is 2.03. The van der Waals surface area contributed by atoms with Gasteiger partial charge >= 0.3 is 0 Å². The van der Waals surface area contributed by atoms with Gasteiger partial charge in [0.2, 0.25) is 0 Å². The van der Waals surface area contributed by atoms with Gasteiger partial charge in [0.15, 0.2) is 0 Å². The van der Waals surface area contributed by atoms with Gasteiger partial charge in [0.1, 0.15) is 5.01 Å². The smallest absolute Gasteiger partial charge is 0.116 e. The first-order valence-electron chi connectivity index (χ1n) is 6.28. The molecule has 0 aliphatic rings. The fraction of sp³-hybridized carbons (Fsp3) is 0.538. The Kier molecular flexibility index (Phi) is 3.82. The SMILES string of the molecule is CCc1nc(C(N)c2cncn2C(C)C)sc1C. The molecule has 4 nitrogen and oxygen atoms in total. The molecule has 0 aliphatic heterocycles. The standard InChI is InChI=1S/C13H20N4S/c1-5-10-9(4)18-13(16-10)12(14)11-6-15-7-17(11)8(2)3/h6-8,12H,5,14H2,1-4H3. The van der Waals surface area contributed by atoms with Crippen LogP contribution in [0.1, 0.15) is 54.1 Å². The Morgan fingerprint density at radius 1 is 1.44 bits per heavy atom. The lowest BCUT2D eigenvalue weighted by Crippen LogP contribution is -2.17. The van der Waals surface area contributed by atoms with Crippen molar-refractivity contribution in [2.45, 2.75) is 46.2 Å². The van der Waals surface area contributed by atoms with Gasteiger partial charge in [0.25, 0.3) is 0 Å². The van der Waals surface area contributed by atoms with Gasteiger partial charge in [0, 0.05) is 10.9 Å². The van der Waals surface area contributed by atoms with E-state index in [0.29, 0.717) is 6.04 Å². The van der Waals surface area contributed by atoms with Crippen LogP contribution in [0.3, 0.4) is 0 Å². The van der Waals surface area contributed by atoms with Gasteiger partial charge < -0.3 is 10.3 Å². The Morgan fingerprint density at radius 3 is 2.72 bits per heavy atom. The van der Waals surface area contributed by atoms with Gasteiger partial charge in [-0.25, -0.2) is 9.97 Å². The minimum absolute atomic E-state index is 0.182. The minimum atomic E-state index is -0.182. The van der Waals surface area contributed by atoms with E-state index in [1.54, 1.807) is 11.3 Å². The molecule has 0 spiro atoms. The molecule has 0 aromatic carbocycles. The average Bonchev–Trinajstić information content (AvgIpc) is 2.93. The third-order valence-electron chi connectivity index (χ3n) is 3.08. The summed E-state index contributed by atoms with van der Waals surface area (Å²) in [5.74, 6) is 0. The van der Waals surface area contributed by atoms with Crippen LogP contribution in [-0.4, -0.2) is 14.5 Å². The van der Waals surface area contributed by atoms with Crippen LogP contribution in [0, 0.1) is 6.92 Å². The van der Waals surface area contributed by atoms with Crippen LogP contribution in [0.2, 0.25) is 0 Å². The maximum atomic E-state index is 6.32. The summed E-state index contributed by atoms with van der Waals surface area (Å²) in [6, 6.07) is 0.180. The first kappa shape index (κ1) is 13.2. The van der Waals surface area contributed by atoms with E-state index in [-0.39, 0.29) is 6.04 Å². The summed E-state index contributed by atoms with van der Waals surface area (Å²) in [6.07, 6.45) is 4.63. The number of imidazole rings is 1. The van der Waals surface area contributed by atoms with E-state index in [9.17, 15) is 0 Å². The molecule has 0 aliphatic carbocycles. The van der Waals surface area contributed by atoms with E-state index in [0.717, 1.165) is 22.8 Å². The van der Waals surface area contributed by atoms with Gasteiger partial charge in [-0.05, 0) is 27.2 Å². The highest BCUT2D eigenvalue weighted by molar-refractivity contribution is 7.11. The maximum Gasteiger partial charge on any atom is 0.116 e. The van der Waals surface area contributed by atoms with Gasteiger partial charge in [-0.1, -0.05) is 6.92 Å². The normalized spacial score (nSPS) is 13.2. The van der Waals surface area contributed by atoms with Crippen molar-refractivity contribution in [1.82, 2.24) is 14.5 Å². The lowest BCUT2D eigenvalue weighted by Gasteiger charge is -2.15. The number of thiazole rings is 1. The highest BCUT2D eigenvalue weighted by Crippen LogP contribution is 2.27. The van der Waals surface area contributed by atoms with Crippen LogP contribution >= 0.6 is 11.3 Å². The first-order valence-corrected chi connectivity index (χ1v) is 7.09. The Balaban J connectivity index is 2.35. The predicted molar refractivity (Wildman–Crippen MR) is 74.9 cm³/mol. The van der Waals surface area contributed by atoms with E-state index < -0.39 is 0 Å². The molecule has 0 saturated carbocycles. The van der Waals surface area contributed by atoms with Crippen LogP contribution in [0.25, 0.3) is 0 Å². The number of aryl methyl sites for hydroxylation is 2. The molecule has 1 atom stereocenters. The van der Waals surface area contributed by atoms with E-state index in [4.69, 9.17) is 5.73 Å². The third-order valence-corrected chi connectivity index (χ3v) is 4.18. The lowest BCUT2D eigenvalue weighted by molar-refractivity contribution is 0.559. The van der Waals surface area contributed by atoms with E-state index >= 15 is 0 Å². The molecule has 0 bridgehead atoms. The summed E-state index contributed by atoms with van der Waals surface area (Å²) in [4.78, 5) is 10.1. The topological polar surface area (TPSA) is 56.7 Å². The Morgan fingerprint density at radius 2 is 2.17 bits per heavy atom. The summed E-state index contributed by atoms with van der Waals surface area (Å²) in [5.41, 5.74) is 8.51. The number of aromatic nitrogens is 3. The lowest BCUT2D eigenvalue weighted by atomic mass is 10.2. The highest BCUT2D eigenvalue weighted by Gasteiger charge is 2.19. The summed E-state index contributed by atoms with van der Waals surface area (Å²) in [7, 11) is 0. The summed E-state index contributed by atoms with van der Waals surface area (Å²) < 4.78 is 2.10. The van der Waals surface area contributed by atoms with E-state index in [1.165, 1.54) is 4.88 Å². The molecule has 2 aromatic heterocycles. The van der Waals surface area contributed by atoms with Crippen molar-refractivity contribution in [1.29, 1.82) is 0 Å². The van der Waals surface area contributed by atoms with E-state index in [1.807, 2.05) is 12.5 Å². The average molecular weight is 264 g/mol. The Bertz CT molecular complexity index is 527. The van der Waals surface area contributed by atoms with Gasteiger partial charge in [-0.3, -0.25) is 0 Å². The molecule has 2 rings (SSSR count). The number of rotatable bonds is 4. The second-order valence-corrected chi connectivity index (χ2v) is 5.94. The molecule has 0 fully saturated rings. The number of nitrogens with zero attached hydrogens (tertiary/aromatic N) is 3. The molecular formula is C13H20N4S. The largest absolute Gasteiger partial charge is 0.330 e. The zero-order valence-corrected chi connectivity index (χ0v) is 12.2. The Labute approximate surface area is 112 Å². The molecular weight excluding hydrogens is 244 g/mol. The minimum Gasteiger partial charge on any atom is -0.330 e. The molecule has 2 heterocycles. The zero-order chi connectivity index (χ0) is 13.3. The van der Waals surface area contributed by atoms with Crippen LogP contribution < -0.4 is 5.73 Å². The van der Waals surface area contributed by atoms with Crippen molar-refractivity contribution in [2.75, 3.05) is 0 Å². The zero-order valence-electron chi connectivity index (χ0n) is 11.3. The molecule has 5 heteroatoms. The summed E-state index contributed by atoms with van der Waals surface area (Å²) in [5, 5.41) is 0.978. The van der Waals surface area contributed by atoms with Crippen LogP contribution in [0.4, 0.5) is 0 Å². The first-order chi connectivity index (χ1) is 8.54. The molecule has 2 N–H and O–H groups in total. The molecule has 0 saturated heterocycles. The monoisotopic (exact) mass is 264 g/mol. The predicted octanol–water partition coefficient (Wildman–Crippen LogP) is 2.84. The van der Waals surface area contributed by atoms with Crippen LogP contribution in [0.5, 0.6) is 0 Å². The van der Waals surface area contributed by atoms with Gasteiger partial charge in [-0.2, -0.15) is 0 Å². The van der Waals surface area contributed by atoms with Crippen LogP contribution in [0.15, 0.2) is 12.5 Å². The highest BCUT2D eigenvalue weighted by atomic mass is 32.1. The molecule has 18 heavy (non-hydrogen) atoms. The Hall–Kier alpha value is -1.20. The van der Waals surface area contributed by atoms with Gasteiger partial charge in [-0.15, -0.1) is 11.3 Å². The summed E-state index contributed by atoms with van der Waals surface area (Å²) >= 11 is 1.69. The molecule has 0 amide bonds. The van der Waals surface area contributed by atoms with Gasteiger partial charge in [0.05, 0.1) is 30.0 Å². The number of hydrogen-bond acceptors (Lipinski definition) is 4. The molecule has 2 aromatic rings. The second kappa shape index (κ2) is 5.20. The van der Waals surface area contributed by atoms with Crippen molar-refractivity contribution in [3.05, 3.63) is 33.8 Å². The molecule has 0 radical (unpaired) electrons. The van der Waals surface area contributed by atoms with Crippen molar-refractivity contribution < 1.29 is 0 Å². The maximum absolute atomic E-state index is 6.32. The van der Waals surface area contributed by atoms with Crippen molar-refractivity contribution in [3.8, 4) is 0 Å². The van der Waals surface area contributed by atoms with Crippen molar-refractivity contribution >= 4 is 11.3 Å². The summed E-state index contributed by atoms with van der Waals surface area (Å²) in [6.45, 7) is 8.48. The van der Waals surface area contributed by atoms with Crippen molar-refractivity contribution in [3.63, 3.8) is 0 Å². The van der Waals surface area contributed by atoms with E-state index in [2.05, 4.69) is 42.2 Å². The second-order valence-electron chi connectivity index (χ2n) is 4.71. The molecule has 98 valence electrons. The van der Waals surface area contributed by atoms with Crippen molar-refractivity contribution in [2.24, 2.45) is 5.73 Å². The quantitative estimate of drug-likeness (QED) is 0.923. The fourth-order valence-corrected chi connectivity index (χ4v) is 3.05. The number of hydrogen-bond donors (Lipinski definition) is 1. The molecule has 1 unspecified atom stereocenters. The third kappa shape index (κ3) is 2.33.